The highest BCUT2D eigenvalue weighted by Crippen LogP contribution is 2.36. The molecule has 0 spiro atoms. The van der Waals surface area contributed by atoms with Crippen molar-refractivity contribution < 1.29 is 52.1 Å². The maximum absolute atomic E-state index is 5.74. The molecule has 11 fully saturated rings. The SMILES string of the molecule is C=C(C)N1CCCC1CCCOC(C)(C)C.CC(C)(C)OCCCC1CCCC1.CC(C)(C)OCCCC1CCCC1.CC(C)(C)OCCCC1CCCC1.CC(C)(C)OCCCC1CCCC1.CC(C)(C)OCCCC1CCCC1.CC(C)(C)OCCCC1CCCC1.CC(C)(C)OCCCN1CCCC1.CN1CCCC1CCCOC(C)(C)C.CN1CCC[C@@H]1CCCOC(C)(C)C.CN1CCC[C@H]1CCCOC(C)(C)C. The van der Waals surface area contributed by atoms with Crippen molar-refractivity contribution in [3.05, 3.63) is 12.3 Å². The maximum atomic E-state index is 5.74. The lowest BCUT2D eigenvalue weighted by Crippen LogP contribution is -2.28. The second-order valence-corrected chi connectivity index (χ2v) is 58.4. The van der Waals surface area contributed by atoms with Gasteiger partial charge >= 0.3 is 0 Å². The van der Waals surface area contributed by atoms with E-state index in [0.717, 1.165) is 133 Å². The van der Waals surface area contributed by atoms with E-state index in [9.17, 15) is 0 Å². The van der Waals surface area contributed by atoms with Gasteiger partial charge < -0.3 is 76.6 Å². The Balaban J connectivity index is 0.000000820. The van der Waals surface area contributed by atoms with Crippen LogP contribution >= 0.6 is 0 Å². The van der Waals surface area contributed by atoms with Gasteiger partial charge in [-0.2, -0.15) is 0 Å². The lowest BCUT2D eigenvalue weighted by Gasteiger charge is -2.27. The monoisotopic (exact) mass is 2110 g/mol. The Kier molecular flexibility index (Phi) is 79.0. The number of hydrogen-bond donors (Lipinski definition) is 0. The van der Waals surface area contributed by atoms with Gasteiger partial charge in [0.1, 0.15) is 0 Å². The molecule has 11 rings (SSSR count). The highest BCUT2D eigenvalue weighted by molar-refractivity contribution is 4.96. The largest absolute Gasteiger partial charge is 0.376 e. The van der Waals surface area contributed by atoms with E-state index in [0.29, 0.717) is 6.04 Å². The third-order valence-electron chi connectivity index (χ3n) is 30.7. The second kappa shape index (κ2) is 80.7. The predicted molar refractivity (Wildman–Crippen MR) is 649 cm³/mol. The van der Waals surface area contributed by atoms with Crippen LogP contribution in [0.1, 0.15) is 589 Å². The molecule has 2 unspecified atom stereocenters. The Labute approximate surface area is 932 Å². The Morgan fingerprint density at radius 1 is 0.188 bits per heavy atom. The number of hydrogen-bond acceptors (Lipinski definition) is 16. The van der Waals surface area contributed by atoms with E-state index >= 15 is 0 Å². The molecule has 11 aliphatic rings. The zero-order valence-electron chi connectivity index (χ0n) is 108. The first-order valence-corrected chi connectivity index (χ1v) is 63.7. The van der Waals surface area contributed by atoms with Crippen LogP contribution in [-0.2, 0) is 52.1 Å². The fraction of sp³-hybridized carbons (Fsp3) is 0.985. The predicted octanol–water partition coefficient (Wildman–Crippen LogP) is 36.5. The third-order valence-corrected chi connectivity index (χ3v) is 30.7. The molecule has 892 valence electrons. The minimum absolute atomic E-state index is 0.00369. The van der Waals surface area contributed by atoms with Gasteiger partial charge in [0.25, 0.3) is 0 Å². The van der Waals surface area contributed by atoms with Crippen LogP contribution in [0, 0.1) is 35.5 Å². The topological polar surface area (TPSA) is 118 Å². The van der Waals surface area contributed by atoms with Crippen LogP contribution < -0.4 is 0 Å². The Hall–Kier alpha value is -1.06. The molecule has 4 atom stereocenters. The third kappa shape index (κ3) is 95.3. The lowest BCUT2D eigenvalue weighted by atomic mass is 10.0. The van der Waals surface area contributed by atoms with Gasteiger partial charge in [0.15, 0.2) is 0 Å². The van der Waals surface area contributed by atoms with Crippen LogP contribution in [-0.4, -0.2) is 250 Å². The van der Waals surface area contributed by atoms with Crippen molar-refractivity contribution in [2.24, 2.45) is 35.5 Å². The van der Waals surface area contributed by atoms with Crippen molar-refractivity contribution in [3.8, 4) is 0 Å². The Morgan fingerprint density at radius 3 is 0.503 bits per heavy atom. The highest BCUT2D eigenvalue weighted by atomic mass is 16.5. The normalized spacial score (nSPS) is 21.2. The average Bonchev–Trinajstić information content (AvgIpc) is 1.72. The molecular formula is C133H269N5O11. The molecule has 5 heterocycles. The van der Waals surface area contributed by atoms with Gasteiger partial charge in [0, 0.05) is 116 Å². The first kappa shape index (κ1) is 146. The summed E-state index contributed by atoms with van der Waals surface area (Å²) in [7, 11) is 6.72. The first-order valence-electron chi connectivity index (χ1n) is 63.7. The van der Waals surface area contributed by atoms with E-state index in [1.54, 1.807) is 0 Å². The number of nitrogens with zero attached hydrogens (tertiary/aromatic N) is 5. The van der Waals surface area contributed by atoms with E-state index in [1.807, 2.05) is 0 Å². The van der Waals surface area contributed by atoms with Crippen LogP contribution in [0.4, 0.5) is 0 Å². The lowest BCUT2D eigenvalue weighted by molar-refractivity contribution is -0.00666. The van der Waals surface area contributed by atoms with E-state index < -0.39 is 0 Å². The summed E-state index contributed by atoms with van der Waals surface area (Å²) in [5.74, 6) is 6.10. The van der Waals surface area contributed by atoms with E-state index in [1.165, 1.54) is 398 Å². The molecule has 0 radical (unpaired) electrons. The van der Waals surface area contributed by atoms with Crippen LogP contribution in [0.25, 0.3) is 0 Å². The van der Waals surface area contributed by atoms with Crippen molar-refractivity contribution in [1.82, 2.24) is 24.5 Å². The summed E-state index contributed by atoms with van der Waals surface area (Å²) in [6, 6.07) is 3.16. The zero-order chi connectivity index (χ0) is 112. The van der Waals surface area contributed by atoms with Gasteiger partial charge in [-0.15, -0.1) is 0 Å². The molecule has 16 heteroatoms. The van der Waals surface area contributed by atoms with Gasteiger partial charge in [-0.25, -0.2) is 0 Å². The molecule has 0 aromatic heterocycles. The molecule has 149 heavy (non-hydrogen) atoms. The summed E-state index contributed by atoms with van der Waals surface area (Å²) in [6.07, 6.45) is 75.8. The van der Waals surface area contributed by atoms with Crippen LogP contribution in [0.3, 0.4) is 0 Å². The second-order valence-electron chi connectivity index (χ2n) is 58.4. The summed E-state index contributed by atoms with van der Waals surface area (Å²) in [5, 5.41) is 0. The first-order chi connectivity index (χ1) is 69.4. The molecule has 0 bridgehead atoms. The number of ether oxygens (including phenoxy) is 11. The van der Waals surface area contributed by atoms with Crippen molar-refractivity contribution in [3.63, 3.8) is 0 Å². The molecule has 5 saturated heterocycles. The Morgan fingerprint density at radius 2 is 0.342 bits per heavy atom. The highest BCUT2D eigenvalue weighted by Gasteiger charge is 2.29. The minimum atomic E-state index is 0.00369. The van der Waals surface area contributed by atoms with Crippen LogP contribution in [0.5, 0.6) is 0 Å². The Bertz CT molecular complexity index is 2590. The van der Waals surface area contributed by atoms with E-state index in [-0.39, 0.29) is 61.6 Å². The number of allylic oxidation sites excluding steroid dienone is 1. The minimum Gasteiger partial charge on any atom is -0.376 e. The average molecular weight is 2110 g/mol. The van der Waals surface area contributed by atoms with Crippen molar-refractivity contribution in [2.45, 2.75) is 674 Å². The van der Waals surface area contributed by atoms with Gasteiger partial charge in [0.05, 0.1) is 61.6 Å². The van der Waals surface area contributed by atoms with Gasteiger partial charge in [0.2, 0.25) is 0 Å². The van der Waals surface area contributed by atoms with Crippen molar-refractivity contribution >= 4 is 0 Å². The summed E-state index contributed by atoms with van der Waals surface area (Å²) >= 11 is 0. The van der Waals surface area contributed by atoms with Gasteiger partial charge in [-0.1, -0.05) is 161 Å². The molecule has 16 nitrogen and oxygen atoms in total. The van der Waals surface area contributed by atoms with Gasteiger partial charge in [-0.3, -0.25) is 0 Å². The smallest absolute Gasteiger partial charge is 0.0598 e. The fourth-order valence-corrected chi connectivity index (χ4v) is 22.4. The van der Waals surface area contributed by atoms with E-state index in [2.05, 4.69) is 288 Å². The van der Waals surface area contributed by atoms with Crippen LogP contribution in [0.15, 0.2) is 12.3 Å². The molecule has 0 amide bonds. The van der Waals surface area contributed by atoms with Crippen LogP contribution in [0.2, 0.25) is 0 Å². The zero-order valence-corrected chi connectivity index (χ0v) is 108. The summed E-state index contributed by atoms with van der Waals surface area (Å²) in [4.78, 5) is 12.4. The quantitative estimate of drug-likeness (QED) is 0.0538. The number of rotatable bonds is 45. The molecular weight excluding hydrogens is 1840 g/mol. The molecule has 0 aromatic carbocycles. The summed E-state index contributed by atoms with van der Waals surface area (Å²) in [5.41, 5.74) is 1.65. The molecule has 5 aliphatic heterocycles. The van der Waals surface area contributed by atoms with Crippen molar-refractivity contribution in [2.75, 3.05) is 140 Å². The summed E-state index contributed by atoms with van der Waals surface area (Å²) in [6.45, 7) is 95.3. The molecule has 6 saturated carbocycles. The van der Waals surface area contributed by atoms with E-state index in [4.69, 9.17) is 52.1 Å². The molecule has 0 N–H and O–H groups in total. The molecule has 0 aromatic rings. The fourth-order valence-electron chi connectivity index (χ4n) is 22.4. The molecule has 6 aliphatic carbocycles. The summed E-state index contributed by atoms with van der Waals surface area (Å²) < 4.78 is 62.7. The van der Waals surface area contributed by atoms with Crippen molar-refractivity contribution in [1.29, 1.82) is 0 Å². The van der Waals surface area contributed by atoms with Gasteiger partial charge in [-0.05, 0) is 524 Å². The number of likely N-dealkylation sites (tertiary alicyclic amines) is 5. The standard InChI is InChI=1S/C14H27NO.3C12H25NO.6C12H24O.C11H23NO/c1-12(2)15-10-6-8-13(15)9-7-11-16-14(3,4)5;3*1-12(2,3)14-10-6-8-11-7-5-9-13(11)4;6*1-12(2,3)13-10-6-9-11-7-4-5-8-11;1-11(2,3)13-10-6-9-12-7-4-5-8-12/h13H,1,6-11H2,2-5H3;3*11H,5-10H2,1-4H3;6*11H,4-10H2,1-3H3;4-10H2,1-3H3/t;2*11-;;;;;;;;/m.10......../s1. The maximum Gasteiger partial charge on any atom is 0.0598 e.